The smallest absolute Gasteiger partial charge is 0.225 e. The molecule has 3 rings (SSSR count). The van der Waals surface area contributed by atoms with Crippen molar-refractivity contribution in [1.82, 2.24) is 10.6 Å². The van der Waals surface area contributed by atoms with E-state index in [1.54, 1.807) is 18.2 Å². The number of rotatable bonds is 7. The Morgan fingerprint density at radius 1 is 1.23 bits per heavy atom. The van der Waals surface area contributed by atoms with E-state index in [2.05, 4.69) is 20.9 Å². The number of hydrogen-bond donors (Lipinski definition) is 3. The van der Waals surface area contributed by atoms with Crippen molar-refractivity contribution in [3.05, 3.63) is 59.9 Å². The molecule has 0 aromatic heterocycles. The molecule has 0 saturated heterocycles. The fraction of sp³-hybridized carbons (Fsp3) is 0.364. The Hall–Kier alpha value is -2.36. The maximum atomic E-state index is 13.7. The molecule has 0 spiro atoms. The fourth-order valence-corrected chi connectivity index (χ4v) is 3.26. The third kappa shape index (κ3) is 6.58. The minimum absolute atomic E-state index is 0. The van der Waals surface area contributed by atoms with Crippen LogP contribution in [0, 0.1) is 5.82 Å². The molecule has 2 atom stereocenters. The third-order valence-electron chi connectivity index (χ3n) is 4.64. The summed E-state index contributed by atoms with van der Waals surface area (Å²) in [5, 5.41) is 9.42. The number of carbonyl (C=O) groups is 1. The van der Waals surface area contributed by atoms with Gasteiger partial charge in [-0.2, -0.15) is 0 Å². The molecule has 162 valence electrons. The van der Waals surface area contributed by atoms with Crippen LogP contribution in [0.5, 0.6) is 5.75 Å². The van der Waals surface area contributed by atoms with Crippen molar-refractivity contribution in [1.29, 1.82) is 0 Å². The van der Waals surface area contributed by atoms with Crippen molar-refractivity contribution in [2.24, 2.45) is 4.99 Å². The highest BCUT2D eigenvalue weighted by molar-refractivity contribution is 14.0. The van der Waals surface area contributed by atoms with E-state index in [1.165, 1.54) is 6.07 Å². The van der Waals surface area contributed by atoms with Crippen molar-refractivity contribution in [3.8, 4) is 5.75 Å². The second-order valence-corrected chi connectivity index (χ2v) is 7.00. The molecule has 0 radical (unpaired) electrons. The molecule has 2 aromatic rings. The van der Waals surface area contributed by atoms with Crippen molar-refractivity contribution in [2.75, 3.05) is 25.0 Å². The Bertz CT molecular complexity index is 878. The number of nitrogens with zero attached hydrogens (tertiary/aromatic N) is 1. The standard InChI is InChI=1S/C22H27FN4O2.HI/c1-3-24-22(25-13-15(2)29-20-11-7-5-9-18(20)23)26-14-16-12-21(28)27-19-10-6-4-8-17(16)19;/h4-11,15-16H,3,12-14H2,1-2H3,(H,27,28)(H2,24,25,26);1H. The largest absolute Gasteiger partial charge is 0.486 e. The lowest BCUT2D eigenvalue weighted by Gasteiger charge is -2.26. The van der Waals surface area contributed by atoms with Crippen LogP contribution >= 0.6 is 24.0 Å². The number of carbonyl (C=O) groups excluding carboxylic acids is 1. The second-order valence-electron chi connectivity index (χ2n) is 7.00. The van der Waals surface area contributed by atoms with Gasteiger partial charge < -0.3 is 20.7 Å². The second kappa shape index (κ2) is 11.7. The first-order chi connectivity index (χ1) is 14.1. The van der Waals surface area contributed by atoms with E-state index in [0.29, 0.717) is 32.0 Å². The van der Waals surface area contributed by atoms with Gasteiger partial charge in [-0.3, -0.25) is 4.79 Å². The van der Waals surface area contributed by atoms with Gasteiger partial charge in [-0.25, -0.2) is 9.38 Å². The van der Waals surface area contributed by atoms with E-state index in [0.717, 1.165) is 11.3 Å². The number of aliphatic imine (C=N–C) groups is 1. The van der Waals surface area contributed by atoms with E-state index in [1.807, 2.05) is 38.1 Å². The maximum absolute atomic E-state index is 13.7. The van der Waals surface area contributed by atoms with Crippen LogP contribution in [0.1, 0.15) is 31.7 Å². The number of amides is 1. The van der Waals surface area contributed by atoms with Gasteiger partial charge in [-0.15, -0.1) is 24.0 Å². The Kier molecular flexibility index (Phi) is 9.35. The van der Waals surface area contributed by atoms with Gasteiger partial charge in [-0.1, -0.05) is 30.3 Å². The van der Waals surface area contributed by atoms with Crippen LogP contribution < -0.4 is 20.7 Å². The highest BCUT2D eigenvalue weighted by Crippen LogP contribution is 2.31. The number of anilines is 1. The van der Waals surface area contributed by atoms with Crippen molar-refractivity contribution in [3.63, 3.8) is 0 Å². The highest BCUT2D eigenvalue weighted by Gasteiger charge is 2.24. The number of fused-ring (bicyclic) bond motifs is 1. The number of guanidine groups is 1. The fourth-order valence-electron chi connectivity index (χ4n) is 3.26. The Morgan fingerprint density at radius 2 is 1.97 bits per heavy atom. The van der Waals surface area contributed by atoms with Crippen LogP contribution in [0.2, 0.25) is 0 Å². The number of benzene rings is 2. The minimum Gasteiger partial charge on any atom is -0.486 e. The molecule has 3 N–H and O–H groups in total. The average molecular weight is 526 g/mol. The molecule has 30 heavy (non-hydrogen) atoms. The molecule has 6 nitrogen and oxygen atoms in total. The quantitative estimate of drug-likeness (QED) is 0.291. The summed E-state index contributed by atoms with van der Waals surface area (Å²) >= 11 is 0. The van der Waals surface area contributed by atoms with E-state index in [-0.39, 0.29) is 53.5 Å². The van der Waals surface area contributed by atoms with Crippen LogP contribution in [0.15, 0.2) is 53.5 Å². The Labute approximate surface area is 193 Å². The van der Waals surface area contributed by atoms with Gasteiger partial charge >= 0.3 is 0 Å². The van der Waals surface area contributed by atoms with Crippen LogP contribution in [-0.4, -0.2) is 37.6 Å². The van der Waals surface area contributed by atoms with Crippen LogP contribution in [0.25, 0.3) is 0 Å². The lowest BCUT2D eigenvalue weighted by Crippen LogP contribution is -2.41. The maximum Gasteiger partial charge on any atom is 0.225 e. The van der Waals surface area contributed by atoms with Crippen molar-refractivity contribution >= 4 is 41.5 Å². The molecule has 1 amide bonds. The zero-order valence-electron chi connectivity index (χ0n) is 17.2. The Morgan fingerprint density at radius 3 is 2.73 bits per heavy atom. The molecule has 0 saturated carbocycles. The molecule has 1 aliphatic heterocycles. The van der Waals surface area contributed by atoms with Crippen LogP contribution in [0.3, 0.4) is 0 Å². The normalized spacial score (nSPS) is 16.6. The predicted molar refractivity (Wildman–Crippen MR) is 128 cm³/mol. The molecular formula is C22H28FIN4O2. The van der Waals surface area contributed by atoms with Gasteiger partial charge in [-0.05, 0) is 37.6 Å². The van der Waals surface area contributed by atoms with E-state index >= 15 is 0 Å². The lowest BCUT2D eigenvalue weighted by atomic mass is 9.90. The number of hydrogen-bond acceptors (Lipinski definition) is 3. The third-order valence-corrected chi connectivity index (χ3v) is 4.64. The molecule has 2 aromatic carbocycles. The zero-order valence-corrected chi connectivity index (χ0v) is 19.5. The molecule has 1 heterocycles. The summed E-state index contributed by atoms with van der Waals surface area (Å²) in [5.74, 6) is 0.556. The monoisotopic (exact) mass is 526 g/mol. The van der Waals surface area contributed by atoms with Gasteiger partial charge in [0, 0.05) is 31.1 Å². The van der Waals surface area contributed by atoms with Gasteiger partial charge in [0.05, 0.1) is 6.54 Å². The van der Waals surface area contributed by atoms with E-state index in [4.69, 9.17) is 4.74 Å². The predicted octanol–water partition coefficient (Wildman–Crippen LogP) is 3.89. The molecular weight excluding hydrogens is 498 g/mol. The molecule has 1 aliphatic rings. The topological polar surface area (TPSA) is 74.8 Å². The van der Waals surface area contributed by atoms with Gasteiger partial charge in [0.25, 0.3) is 0 Å². The van der Waals surface area contributed by atoms with E-state index < -0.39 is 0 Å². The minimum atomic E-state index is -0.386. The van der Waals surface area contributed by atoms with Crippen molar-refractivity contribution in [2.45, 2.75) is 32.3 Å². The first-order valence-electron chi connectivity index (χ1n) is 9.89. The summed E-state index contributed by atoms with van der Waals surface area (Å²) in [6.45, 7) is 5.49. The highest BCUT2D eigenvalue weighted by atomic mass is 127. The Balaban J connectivity index is 0.00000320. The van der Waals surface area contributed by atoms with Crippen LogP contribution in [0.4, 0.5) is 10.1 Å². The summed E-state index contributed by atoms with van der Waals surface area (Å²) in [4.78, 5) is 16.5. The lowest BCUT2D eigenvalue weighted by molar-refractivity contribution is -0.116. The summed E-state index contributed by atoms with van der Waals surface area (Å²) in [6.07, 6.45) is 0.138. The molecule has 0 fully saturated rings. The summed E-state index contributed by atoms with van der Waals surface area (Å²) < 4.78 is 19.4. The molecule has 8 heteroatoms. The van der Waals surface area contributed by atoms with E-state index in [9.17, 15) is 9.18 Å². The first-order valence-corrected chi connectivity index (χ1v) is 9.89. The first kappa shape index (κ1) is 23.9. The summed E-state index contributed by atoms with van der Waals surface area (Å²) in [7, 11) is 0. The molecule has 0 bridgehead atoms. The van der Waals surface area contributed by atoms with Crippen molar-refractivity contribution < 1.29 is 13.9 Å². The number of halogens is 2. The van der Waals surface area contributed by atoms with Gasteiger partial charge in [0.1, 0.15) is 6.10 Å². The SMILES string of the molecule is CCNC(=NCC(C)Oc1ccccc1F)NCC1CC(=O)Nc2ccccc21.I. The van der Waals surface area contributed by atoms with Gasteiger partial charge in [0.2, 0.25) is 5.91 Å². The van der Waals surface area contributed by atoms with Crippen LogP contribution in [-0.2, 0) is 4.79 Å². The number of ether oxygens (including phenoxy) is 1. The number of nitrogens with one attached hydrogen (secondary N) is 3. The average Bonchev–Trinajstić information content (AvgIpc) is 2.71. The zero-order chi connectivity index (χ0) is 20.6. The number of para-hydroxylation sites is 2. The molecule has 2 unspecified atom stereocenters. The van der Waals surface area contributed by atoms with Gasteiger partial charge in [0.15, 0.2) is 17.5 Å². The summed E-state index contributed by atoms with van der Waals surface area (Å²) in [5.41, 5.74) is 1.98. The molecule has 0 aliphatic carbocycles. The summed E-state index contributed by atoms with van der Waals surface area (Å²) in [6, 6.07) is 14.2.